The van der Waals surface area contributed by atoms with Crippen LogP contribution in [-0.2, 0) is 19.2 Å². The van der Waals surface area contributed by atoms with Crippen LogP contribution in [0.15, 0.2) is 0 Å². The predicted molar refractivity (Wildman–Crippen MR) is 57.9 cm³/mol. The van der Waals surface area contributed by atoms with Crippen molar-refractivity contribution in [3.8, 4) is 0 Å². The summed E-state index contributed by atoms with van der Waals surface area (Å²) >= 11 is 0. The van der Waals surface area contributed by atoms with Crippen LogP contribution in [0.4, 0.5) is 0 Å². The number of hydrogen-bond acceptors (Lipinski definition) is 4. The Kier molecular flexibility index (Phi) is 6.22. The Morgan fingerprint density at radius 3 is 1.50 bits per heavy atom. The first kappa shape index (κ1) is 14.5. The third-order valence-electron chi connectivity index (χ3n) is 1.87. The summed E-state index contributed by atoms with van der Waals surface area (Å²) in [4.78, 5) is 45.3. The summed E-state index contributed by atoms with van der Waals surface area (Å²) in [5.41, 5.74) is 0. The van der Waals surface area contributed by atoms with Crippen molar-refractivity contribution in [3.05, 3.63) is 0 Å². The molecule has 5 nitrogen and oxygen atoms in total. The van der Waals surface area contributed by atoms with E-state index in [-0.39, 0.29) is 49.2 Å². The van der Waals surface area contributed by atoms with Crippen LogP contribution in [0.25, 0.3) is 0 Å². The molecule has 5 heteroatoms. The Morgan fingerprint density at radius 2 is 1.19 bits per heavy atom. The minimum atomic E-state index is -0.333. The molecule has 0 aliphatic rings. The highest BCUT2D eigenvalue weighted by Gasteiger charge is 2.16. The van der Waals surface area contributed by atoms with Gasteiger partial charge in [0.2, 0.25) is 5.91 Å². The van der Waals surface area contributed by atoms with Gasteiger partial charge in [0, 0.05) is 12.8 Å². The number of Topliss-reactive ketones (excluding diaryl/α,β-unsaturated/α-hetero) is 3. The lowest BCUT2D eigenvalue weighted by Gasteiger charge is -2.19. The summed E-state index contributed by atoms with van der Waals surface area (Å²) < 4.78 is 0. The van der Waals surface area contributed by atoms with E-state index in [1.165, 1.54) is 25.7 Å². The van der Waals surface area contributed by atoms with Crippen molar-refractivity contribution in [2.45, 2.75) is 33.6 Å². The van der Waals surface area contributed by atoms with Gasteiger partial charge in [0.1, 0.15) is 17.3 Å². The topological polar surface area (TPSA) is 71.5 Å². The number of nitrogens with zero attached hydrogens (tertiary/aromatic N) is 1. The van der Waals surface area contributed by atoms with Crippen LogP contribution in [0.3, 0.4) is 0 Å². The smallest absolute Gasteiger partial charge is 0.223 e. The Morgan fingerprint density at radius 1 is 0.750 bits per heavy atom. The zero-order chi connectivity index (χ0) is 12.7. The van der Waals surface area contributed by atoms with Crippen LogP contribution in [-0.4, -0.2) is 41.2 Å². The average molecular weight is 227 g/mol. The normalized spacial score (nSPS) is 9.69. The molecule has 1 amide bonds. The number of carbonyl (C=O) groups excluding carboxylic acids is 4. The molecule has 0 aliphatic carbocycles. The third kappa shape index (κ3) is 6.86. The molecule has 0 bridgehead atoms. The molecule has 0 aromatic carbocycles. The largest absolute Gasteiger partial charge is 0.328 e. The van der Waals surface area contributed by atoms with Gasteiger partial charge in [-0.25, -0.2) is 0 Å². The first-order chi connectivity index (χ1) is 7.32. The highest BCUT2D eigenvalue weighted by molar-refractivity contribution is 5.90. The summed E-state index contributed by atoms with van der Waals surface area (Å²) in [6, 6.07) is 0. The van der Waals surface area contributed by atoms with E-state index in [1.54, 1.807) is 0 Å². The molecule has 0 heterocycles. The maximum absolute atomic E-state index is 11.6. The molecule has 0 aromatic rings. The van der Waals surface area contributed by atoms with Gasteiger partial charge >= 0.3 is 0 Å². The zero-order valence-electron chi connectivity index (χ0n) is 9.91. The SMILES string of the molecule is CC(=O)CCC(=O)N(CC(C)=O)CC(C)=O. The highest BCUT2D eigenvalue weighted by atomic mass is 16.2. The quantitative estimate of drug-likeness (QED) is 0.629. The zero-order valence-corrected chi connectivity index (χ0v) is 9.91. The number of carbonyl (C=O) groups is 4. The maximum Gasteiger partial charge on any atom is 0.223 e. The number of rotatable bonds is 7. The van der Waals surface area contributed by atoms with Gasteiger partial charge in [-0.15, -0.1) is 0 Å². The summed E-state index contributed by atoms with van der Waals surface area (Å²) in [6.45, 7) is 3.96. The molecular formula is C11H17NO4. The molecule has 0 unspecified atom stereocenters. The minimum absolute atomic E-state index is 0.0515. The van der Waals surface area contributed by atoms with Gasteiger partial charge in [0.25, 0.3) is 0 Å². The second kappa shape index (κ2) is 6.87. The second-order valence-corrected chi connectivity index (χ2v) is 3.86. The first-order valence-electron chi connectivity index (χ1n) is 5.09. The van der Waals surface area contributed by atoms with Crippen molar-refractivity contribution < 1.29 is 19.2 Å². The van der Waals surface area contributed by atoms with Gasteiger partial charge in [-0.3, -0.25) is 14.4 Å². The van der Waals surface area contributed by atoms with Crippen LogP contribution in [0.5, 0.6) is 0 Å². The lowest BCUT2D eigenvalue weighted by atomic mass is 10.2. The molecule has 0 rings (SSSR count). The summed E-state index contributed by atoms with van der Waals surface area (Å²) in [6.07, 6.45) is 0.195. The Balaban J connectivity index is 4.36. The molecule has 0 saturated carbocycles. The molecule has 0 atom stereocenters. The average Bonchev–Trinajstić information content (AvgIpc) is 2.11. The fraction of sp³-hybridized carbons (Fsp3) is 0.636. The van der Waals surface area contributed by atoms with E-state index in [2.05, 4.69) is 0 Å². The fourth-order valence-corrected chi connectivity index (χ4v) is 1.21. The summed E-state index contributed by atoms with van der Waals surface area (Å²) in [5.74, 6) is -0.783. The van der Waals surface area contributed by atoms with Crippen molar-refractivity contribution in [2.75, 3.05) is 13.1 Å². The lowest BCUT2D eigenvalue weighted by Crippen LogP contribution is -2.38. The predicted octanol–water partition coefficient (Wildman–Crippen LogP) is 0.362. The van der Waals surface area contributed by atoms with Gasteiger partial charge in [0.15, 0.2) is 0 Å². The van der Waals surface area contributed by atoms with E-state index in [9.17, 15) is 19.2 Å². The molecule has 0 radical (unpaired) electrons. The first-order valence-corrected chi connectivity index (χ1v) is 5.09. The van der Waals surface area contributed by atoms with E-state index < -0.39 is 0 Å². The summed E-state index contributed by atoms with van der Waals surface area (Å²) in [7, 11) is 0. The number of amides is 1. The van der Waals surface area contributed by atoms with Crippen LogP contribution in [0.1, 0.15) is 33.6 Å². The Labute approximate surface area is 94.8 Å². The number of ketones is 3. The van der Waals surface area contributed by atoms with E-state index in [1.807, 2.05) is 0 Å². The van der Waals surface area contributed by atoms with Crippen molar-refractivity contribution >= 4 is 23.3 Å². The van der Waals surface area contributed by atoms with Crippen molar-refractivity contribution in [1.29, 1.82) is 0 Å². The van der Waals surface area contributed by atoms with Gasteiger partial charge < -0.3 is 9.69 Å². The standard InChI is InChI=1S/C11H17NO4/c1-8(13)4-5-11(16)12(6-9(2)14)7-10(3)15/h4-7H2,1-3H3. The fourth-order valence-electron chi connectivity index (χ4n) is 1.21. The minimum Gasteiger partial charge on any atom is -0.328 e. The van der Waals surface area contributed by atoms with Gasteiger partial charge in [-0.05, 0) is 20.8 Å². The van der Waals surface area contributed by atoms with E-state index >= 15 is 0 Å². The molecule has 0 fully saturated rings. The molecule has 0 aromatic heterocycles. The molecule has 0 saturated heterocycles. The molecule has 90 valence electrons. The summed E-state index contributed by atoms with van der Waals surface area (Å²) in [5, 5.41) is 0. The van der Waals surface area contributed by atoms with Crippen molar-refractivity contribution in [2.24, 2.45) is 0 Å². The van der Waals surface area contributed by atoms with E-state index in [0.717, 1.165) is 0 Å². The van der Waals surface area contributed by atoms with Gasteiger partial charge in [0.05, 0.1) is 13.1 Å². The monoisotopic (exact) mass is 227 g/mol. The van der Waals surface area contributed by atoms with E-state index in [4.69, 9.17) is 0 Å². The molecular weight excluding hydrogens is 210 g/mol. The Hall–Kier alpha value is -1.52. The molecule has 0 aliphatic heterocycles. The van der Waals surface area contributed by atoms with E-state index in [0.29, 0.717) is 0 Å². The third-order valence-corrected chi connectivity index (χ3v) is 1.87. The van der Waals surface area contributed by atoms with Gasteiger partial charge in [-0.1, -0.05) is 0 Å². The highest BCUT2D eigenvalue weighted by Crippen LogP contribution is 1.99. The van der Waals surface area contributed by atoms with Crippen molar-refractivity contribution in [1.82, 2.24) is 4.90 Å². The molecule has 16 heavy (non-hydrogen) atoms. The van der Waals surface area contributed by atoms with Crippen LogP contribution in [0.2, 0.25) is 0 Å². The van der Waals surface area contributed by atoms with Crippen LogP contribution >= 0.6 is 0 Å². The van der Waals surface area contributed by atoms with Crippen LogP contribution in [0, 0.1) is 0 Å². The van der Waals surface area contributed by atoms with Crippen LogP contribution < -0.4 is 0 Å². The number of hydrogen-bond donors (Lipinski definition) is 0. The molecule has 0 spiro atoms. The van der Waals surface area contributed by atoms with Crippen molar-refractivity contribution in [3.63, 3.8) is 0 Å². The second-order valence-electron chi connectivity index (χ2n) is 3.86. The molecule has 0 N–H and O–H groups in total. The van der Waals surface area contributed by atoms with Gasteiger partial charge in [-0.2, -0.15) is 0 Å². The maximum atomic E-state index is 11.6. The Bertz CT molecular complexity index is 293. The lowest BCUT2D eigenvalue weighted by molar-refractivity contribution is -0.138.